The Balaban J connectivity index is 2.85. The molecule has 3 nitrogen and oxygen atoms in total. The first-order chi connectivity index (χ1) is 7.15. The monoisotopic (exact) mass is 219 g/mol. The van der Waals surface area contributed by atoms with Crippen LogP contribution < -0.4 is 0 Å². The third-order valence-electron chi connectivity index (χ3n) is 2.57. The van der Waals surface area contributed by atoms with Crippen LogP contribution in [0.4, 0.5) is 0 Å². The van der Waals surface area contributed by atoms with Crippen LogP contribution in [0.3, 0.4) is 0 Å². The molecule has 0 aliphatic heterocycles. The minimum absolute atomic E-state index is 0.153. The van der Waals surface area contributed by atoms with Crippen LogP contribution in [0.5, 0.6) is 0 Å². The number of rotatable bonds is 2. The van der Waals surface area contributed by atoms with E-state index >= 15 is 0 Å². The third-order valence-corrected chi connectivity index (χ3v) is 2.87. The molecule has 0 saturated heterocycles. The molecule has 0 aliphatic carbocycles. The van der Waals surface area contributed by atoms with Crippen molar-refractivity contribution in [3.05, 3.63) is 35.3 Å². The summed E-state index contributed by atoms with van der Waals surface area (Å²) >= 11 is 5.27. The van der Waals surface area contributed by atoms with E-state index in [-0.39, 0.29) is 6.04 Å². The Labute approximate surface area is 93.5 Å². The molecule has 0 aliphatic rings. The second-order valence-electron chi connectivity index (χ2n) is 3.60. The van der Waals surface area contributed by atoms with E-state index in [1.807, 2.05) is 30.6 Å². The summed E-state index contributed by atoms with van der Waals surface area (Å²) in [5, 5.41) is 0. The van der Waals surface area contributed by atoms with E-state index in [1.54, 1.807) is 6.20 Å². The topological polar surface area (TPSA) is 33.6 Å². The van der Waals surface area contributed by atoms with Gasteiger partial charge in [-0.2, -0.15) is 0 Å². The number of aromatic nitrogens is 3. The largest absolute Gasteiger partial charge is 0.329 e. The maximum absolute atomic E-state index is 5.27. The van der Waals surface area contributed by atoms with Crippen LogP contribution in [0.2, 0.25) is 0 Å². The molecule has 0 saturated carbocycles. The van der Waals surface area contributed by atoms with E-state index < -0.39 is 0 Å². The molecule has 15 heavy (non-hydrogen) atoms. The van der Waals surface area contributed by atoms with Gasteiger partial charge in [-0.3, -0.25) is 4.57 Å². The van der Waals surface area contributed by atoms with Gasteiger partial charge in [-0.05, 0) is 37.7 Å². The lowest BCUT2D eigenvalue weighted by Crippen LogP contribution is -2.02. The highest BCUT2D eigenvalue weighted by molar-refractivity contribution is 7.71. The zero-order valence-electron chi connectivity index (χ0n) is 8.82. The molecular formula is C11H13N3S. The van der Waals surface area contributed by atoms with Crippen LogP contribution in [-0.2, 0) is 0 Å². The van der Waals surface area contributed by atoms with Gasteiger partial charge in [-0.25, -0.2) is 4.98 Å². The number of fused-ring (bicyclic) bond motifs is 1. The van der Waals surface area contributed by atoms with Gasteiger partial charge < -0.3 is 4.98 Å². The Bertz CT molecular complexity index is 565. The fourth-order valence-electron chi connectivity index (χ4n) is 1.63. The van der Waals surface area contributed by atoms with Crippen molar-refractivity contribution >= 4 is 23.4 Å². The van der Waals surface area contributed by atoms with Crippen LogP contribution in [0.1, 0.15) is 18.5 Å². The number of allylic oxidation sites excluding steroid dienone is 1. The van der Waals surface area contributed by atoms with Gasteiger partial charge in [0.05, 0.1) is 11.6 Å². The van der Waals surface area contributed by atoms with Crippen molar-refractivity contribution in [2.75, 3.05) is 0 Å². The molecule has 0 fully saturated rings. The van der Waals surface area contributed by atoms with Crippen molar-refractivity contribution < 1.29 is 0 Å². The van der Waals surface area contributed by atoms with Crippen molar-refractivity contribution in [2.24, 2.45) is 0 Å². The average molecular weight is 219 g/mol. The van der Waals surface area contributed by atoms with Crippen molar-refractivity contribution in [3.63, 3.8) is 0 Å². The fraction of sp³-hybridized carbons (Fsp3) is 0.273. The second kappa shape index (κ2) is 3.62. The van der Waals surface area contributed by atoms with Crippen LogP contribution >= 0.6 is 12.2 Å². The minimum Gasteiger partial charge on any atom is -0.329 e. The lowest BCUT2D eigenvalue weighted by Gasteiger charge is -2.08. The highest BCUT2D eigenvalue weighted by Gasteiger charge is 2.10. The molecule has 1 atom stereocenters. The van der Waals surface area contributed by atoms with Crippen LogP contribution in [0.15, 0.2) is 24.9 Å². The summed E-state index contributed by atoms with van der Waals surface area (Å²) in [6, 6.07) is 2.12. The Hall–Kier alpha value is -1.42. The van der Waals surface area contributed by atoms with Gasteiger partial charge in [-0.1, -0.05) is 6.08 Å². The number of H-pyrrole nitrogens is 1. The van der Waals surface area contributed by atoms with Gasteiger partial charge in [-0.15, -0.1) is 6.58 Å². The number of aromatic amines is 1. The quantitative estimate of drug-likeness (QED) is 0.622. The van der Waals surface area contributed by atoms with Gasteiger partial charge in [0.1, 0.15) is 0 Å². The molecule has 78 valence electrons. The number of aryl methyl sites for hydroxylation is 1. The average Bonchev–Trinajstić information content (AvgIpc) is 2.55. The predicted octanol–water partition coefficient (Wildman–Crippen LogP) is 3.15. The standard InChI is InChI=1S/C11H13N3S/c1-4-8(3)14-10-9(13-11(14)15)7(2)5-6-12-10/h4-6,8H,1H2,2-3H3,(H,13,15). The summed E-state index contributed by atoms with van der Waals surface area (Å²) in [5.74, 6) is 0. The predicted molar refractivity (Wildman–Crippen MR) is 64.6 cm³/mol. The Morgan fingerprint density at radius 2 is 2.40 bits per heavy atom. The maximum Gasteiger partial charge on any atom is 0.179 e. The fourth-order valence-corrected chi connectivity index (χ4v) is 1.98. The van der Waals surface area contributed by atoms with E-state index in [9.17, 15) is 0 Å². The highest BCUT2D eigenvalue weighted by atomic mass is 32.1. The summed E-state index contributed by atoms with van der Waals surface area (Å²) in [6.45, 7) is 7.86. The number of nitrogens with one attached hydrogen (secondary N) is 1. The Kier molecular flexibility index (Phi) is 2.44. The van der Waals surface area contributed by atoms with Crippen LogP contribution in [0.25, 0.3) is 11.2 Å². The molecule has 0 bridgehead atoms. The first kappa shape index (κ1) is 10.1. The summed E-state index contributed by atoms with van der Waals surface area (Å²) in [7, 11) is 0. The number of nitrogens with zero attached hydrogens (tertiary/aromatic N) is 2. The highest BCUT2D eigenvalue weighted by Crippen LogP contribution is 2.19. The lowest BCUT2D eigenvalue weighted by molar-refractivity contribution is 0.667. The molecular weight excluding hydrogens is 206 g/mol. The third kappa shape index (κ3) is 1.51. The van der Waals surface area contributed by atoms with E-state index in [1.165, 1.54) is 0 Å². The summed E-state index contributed by atoms with van der Waals surface area (Å²) in [6.07, 6.45) is 3.65. The van der Waals surface area contributed by atoms with Gasteiger partial charge in [0.15, 0.2) is 10.4 Å². The van der Waals surface area contributed by atoms with Gasteiger partial charge in [0.25, 0.3) is 0 Å². The lowest BCUT2D eigenvalue weighted by atomic mass is 10.2. The van der Waals surface area contributed by atoms with E-state index in [4.69, 9.17) is 12.2 Å². The van der Waals surface area contributed by atoms with Gasteiger partial charge in [0.2, 0.25) is 0 Å². The summed E-state index contributed by atoms with van der Waals surface area (Å²) in [4.78, 5) is 7.53. The Morgan fingerprint density at radius 1 is 1.67 bits per heavy atom. The SMILES string of the molecule is C=CC(C)n1c(=S)[nH]c2c(C)ccnc21. The molecule has 0 radical (unpaired) electrons. The zero-order chi connectivity index (χ0) is 11.0. The zero-order valence-corrected chi connectivity index (χ0v) is 9.64. The van der Waals surface area contributed by atoms with Crippen molar-refractivity contribution in [1.82, 2.24) is 14.5 Å². The number of imidazole rings is 1. The molecule has 4 heteroatoms. The van der Waals surface area contributed by atoms with E-state index in [0.717, 1.165) is 16.7 Å². The molecule has 0 amide bonds. The maximum atomic E-state index is 5.27. The Morgan fingerprint density at radius 3 is 3.07 bits per heavy atom. The molecule has 2 aromatic rings. The normalized spacial score (nSPS) is 12.9. The van der Waals surface area contributed by atoms with Crippen molar-refractivity contribution in [2.45, 2.75) is 19.9 Å². The van der Waals surface area contributed by atoms with Gasteiger partial charge >= 0.3 is 0 Å². The van der Waals surface area contributed by atoms with E-state index in [0.29, 0.717) is 4.77 Å². The van der Waals surface area contributed by atoms with Crippen molar-refractivity contribution in [3.8, 4) is 0 Å². The smallest absolute Gasteiger partial charge is 0.179 e. The van der Waals surface area contributed by atoms with E-state index in [2.05, 4.69) is 16.5 Å². The molecule has 0 spiro atoms. The minimum atomic E-state index is 0.153. The first-order valence-corrected chi connectivity index (χ1v) is 5.24. The molecule has 1 N–H and O–H groups in total. The summed E-state index contributed by atoms with van der Waals surface area (Å²) < 4.78 is 2.67. The van der Waals surface area contributed by atoms with Crippen LogP contribution in [-0.4, -0.2) is 14.5 Å². The molecule has 2 rings (SSSR count). The second-order valence-corrected chi connectivity index (χ2v) is 3.99. The molecule has 2 aromatic heterocycles. The molecule has 0 aromatic carbocycles. The van der Waals surface area contributed by atoms with Crippen molar-refractivity contribution in [1.29, 1.82) is 0 Å². The van der Waals surface area contributed by atoms with Gasteiger partial charge in [0, 0.05) is 6.20 Å². The number of hydrogen-bond acceptors (Lipinski definition) is 2. The molecule has 2 heterocycles. The molecule has 1 unspecified atom stereocenters. The summed E-state index contributed by atoms with van der Waals surface area (Å²) in [5.41, 5.74) is 3.06. The number of pyridine rings is 1. The number of hydrogen-bond donors (Lipinski definition) is 1. The first-order valence-electron chi connectivity index (χ1n) is 4.83. The van der Waals surface area contributed by atoms with Crippen LogP contribution in [0, 0.1) is 11.7 Å².